The monoisotopic (exact) mass is 262 g/mol. The van der Waals surface area contributed by atoms with Gasteiger partial charge in [0.1, 0.15) is 0 Å². The van der Waals surface area contributed by atoms with Gasteiger partial charge in [-0.15, -0.1) is 0 Å². The molecule has 0 saturated heterocycles. The highest BCUT2D eigenvalue weighted by Gasteiger charge is 2.10. The molecule has 0 saturated carbocycles. The van der Waals surface area contributed by atoms with E-state index in [4.69, 9.17) is 0 Å². The Morgan fingerprint density at radius 2 is 1.89 bits per heavy atom. The van der Waals surface area contributed by atoms with Crippen molar-refractivity contribution < 1.29 is 0 Å². The molecule has 0 amide bonds. The molecule has 108 valence electrons. The van der Waals surface area contributed by atoms with Crippen molar-refractivity contribution in [3.63, 3.8) is 0 Å². The highest BCUT2D eigenvalue weighted by Crippen LogP contribution is 2.18. The van der Waals surface area contributed by atoms with Crippen LogP contribution in [0.1, 0.15) is 49.9 Å². The molecular formula is C17H30N2. The molecule has 0 radical (unpaired) electrons. The second kappa shape index (κ2) is 7.66. The number of nitrogens with zero attached hydrogens (tertiary/aromatic N) is 1. The molecule has 0 heterocycles. The normalized spacial score (nSPS) is 14.7. The zero-order valence-corrected chi connectivity index (χ0v) is 13.5. The number of nitrogens with one attached hydrogen (secondary N) is 1. The summed E-state index contributed by atoms with van der Waals surface area (Å²) in [4.78, 5) is 2.42. The lowest BCUT2D eigenvalue weighted by molar-refractivity contribution is 0.249. The van der Waals surface area contributed by atoms with Gasteiger partial charge in [-0.3, -0.25) is 0 Å². The minimum atomic E-state index is 0.422. The number of likely N-dealkylation sites (N-methyl/N-ethyl adjacent to an activating group) is 1. The number of hydrogen-bond acceptors (Lipinski definition) is 2. The first-order valence-electron chi connectivity index (χ1n) is 7.46. The maximum Gasteiger partial charge on any atom is 0.0295 e. The Morgan fingerprint density at radius 3 is 2.53 bits per heavy atom. The second-order valence-corrected chi connectivity index (χ2v) is 5.77. The van der Waals surface area contributed by atoms with Crippen molar-refractivity contribution in [2.24, 2.45) is 0 Å². The Kier molecular flexibility index (Phi) is 6.53. The van der Waals surface area contributed by atoms with Gasteiger partial charge in [0.25, 0.3) is 0 Å². The second-order valence-electron chi connectivity index (χ2n) is 5.77. The Morgan fingerprint density at radius 1 is 1.21 bits per heavy atom. The summed E-state index contributed by atoms with van der Waals surface area (Å²) in [5.74, 6) is 0. The van der Waals surface area contributed by atoms with Gasteiger partial charge in [-0.25, -0.2) is 0 Å². The van der Waals surface area contributed by atoms with E-state index in [1.54, 1.807) is 0 Å². The van der Waals surface area contributed by atoms with Gasteiger partial charge in [0, 0.05) is 25.2 Å². The first kappa shape index (κ1) is 16.2. The Labute approximate surface area is 119 Å². The van der Waals surface area contributed by atoms with Gasteiger partial charge in [-0.2, -0.15) is 0 Å². The number of rotatable bonds is 7. The van der Waals surface area contributed by atoms with E-state index < -0.39 is 0 Å². The fourth-order valence-corrected chi connectivity index (χ4v) is 2.33. The Balaban J connectivity index is 2.47. The molecule has 2 heteroatoms. The van der Waals surface area contributed by atoms with E-state index in [2.05, 4.69) is 70.1 Å². The maximum atomic E-state index is 3.64. The van der Waals surface area contributed by atoms with E-state index in [-0.39, 0.29) is 0 Å². The molecule has 1 rings (SSSR count). The minimum absolute atomic E-state index is 0.422. The van der Waals surface area contributed by atoms with Crippen molar-refractivity contribution >= 4 is 0 Å². The lowest BCUT2D eigenvalue weighted by atomic mass is 10.00. The van der Waals surface area contributed by atoms with E-state index in [9.17, 15) is 0 Å². The smallest absolute Gasteiger partial charge is 0.0295 e. The molecule has 0 aliphatic rings. The van der Waals surface area contributed by atoms with Crippen molar-refractivity contribution in [1.29, 1.82) is 0 Å². The van der Waals surface area contributed by atoms with Crippen molar-refractivity contribution in [2.75, 3.05) is 20.1 Å². The predicted molar refractivity (Wildman–Crippen MR) is 84.7 cm³/mol. The summed E-state index contributed by atoms with van der Waals surface area (Å²) in [6.07, 6.45) is 1.21. The SMILES string of the molecule is CCC(C)N(C)CCNC(C)c1cc(C)ccc1C. The zero-order chi connectivity index (χ0) is 14.4. The van der Waals surface area contributed by atoms with E-state index in [0.29, 0.717) is 12.1 Å². The van der Waals surface area contributed by atoms with E-state index in [0.717, 1.165) is 13.1 Å². The lowest BCUT2D eigenvalue weighted by Gasteiger charge is -2.25. The van der Waals surface area contributed by atoms with Crippen molar-refractivity contribution in [3.8, 4) is 0 Å². The standard InChI is InChI=1S/C17H30N2/c1-7-15(4)19(6)11-10-18-16(5)17-12-13(2)8-9-14(17)3/h8-9,12,15-16,18H,7,10-11H2,1-6H3. The maximum absolute atomic E-state index is 3.64. The fraction of sp³-hybridized carbons (Fsp3) is 0.647. The topological polar surface area (TPSA) is 15.3 Å². The van der Waals surface area contributed by atoms with Crippen LogP contribution in [0.3, 0.4) is 0 Å². The number of hydrogen-bond donors (Lipinski definition) is 1. The molecule has 0 spiro atoms. The fourth-order valence-electron chi connectivity index (χ4n) is 2.33. The first-order valence-corrected chi connectivity index (χ1v) is 7.46. The average molecular weight is 262 g/mol. The lowest BCUT2D eigenvalue weighted by Crippen LogP contribution is -2.35. The molecule has 1 aromatic rings. The van der Waals surface area contributed by atoms with Crippen LogP contribution in [-0.4, -0.2) is 31.1 Å². The Bertz CT molecular complexity index is 387. The van der Waals surface area contributed by atoms with Gasteiger partial charge in [0.15, 0.2) is 0 Å². The third-order valence-electron chi connectivity index (χ3n) is 4.16. The molecule has 0 aliphatic carbocycles. The summed E-state index contributed by atoms with van der Waals surface area (Å²) in [6, 6.07) is 7.78. The number of aryl methyl sites for hydroxylation is 2. The van der Waals surface area contributed by atoms with Gasteiger partial charge in [-0.1, -0.05) is 30.7 Å². The summed E-state index contributed by atoms with van der Waals surface area (Å²) in [7, 11) is 2.21. The Hall–Kier alpha value is -0.860. The summed E-state index contributed by atoms with van der Waals surface area (Å²) >= 11 is 0. The van der Waals surface area contributed by atoms with Gasteiger partial charge >= 0.3 is 0 Å². The van der Waals surface area contributed by atoms with E-state index >= 15 is 0 Å². The van der Waals surface area contributed by atoms with Crippen LogP contribution in [0.4, 0.5) is 0 Å². The first-order chi connectivity index (χ1) is 8.95. The predicted octanol–water partition coefficient (Wildman–Crippen LogP) is 3.68. The van der Waals surface area contributed by atoms with Crippen molar-refractivity contribution in [2.45, 2.75) is 53.1 Å². The quantitative estimate of drug-likeness (QED) is 0.806. The van der Waals surface area contributed by atoms with Gasteiger partial charge < -0.3 is 10.2 Å². The highest BCUT2D eigenvalue weighted by molar-refractivity contribution is 5.32. The third-order valence-corrected chi connectivity index (χ3v) is 4.16. The van der Waals surface area contributed by atoms with Crippen LogP contribution >= 0.6 is 0 Å². The van der Waals surface area contributed by atoms with Crippen LogP contribution in [0.5, 0.6) is 0 Å². The van der Waals surface area contributed by atoms with E-state index in [1.807, 2.05) is 0 Å². The highest BCUT2D eigenvalue weighted by atomic mass is 15.1. The van der Waals surface area contributed by atoms with Crippen LogP contribution in [-0.2, 0) is 0 Å². The third kappa shape index (κ3) is 4.96. The largest absolute Gasteiger partial charge is 0.309 e. The molecule has 2 nitrogen and oxygen atoms in total. The molecule has 1 aromatic carbocycles. The summed E-state index contributed by atoms with van der Waals surface area (Å²) in [6.45, 7) is 13.3. The van der Waals surface area contributed by atoms with Gasteiger partial charge in [0.05, 0.1) is 0 Å². The van der Waals surface area contributed by atoms with Gasteiger partial charge in [0.2, 0.25) is 0 Å². The van der Waals surface area contributed by atoms with Gasteiger partial charge in [-0.05, 0) is 52.3 Å². The number of benzene rings is 1. The van der Waals surface area contributed by atoms with Crippen LogP contribution in [0.2, 0.25) is 0 Å². The van der Waals surface area contributed by atoms with Crippen LogP contribution in [0.15, 0.2) is 18.2 Å². The van der Waals surface area contributed by atoms with Crippen molar-refractivity contribution in [3.05, 3.63) is 34.9 Å². The zero-order valence-electron chi connectivity index (χ0n) is 13.5. The summed E-state index contributed by atoms with van der Waals surface area (Å²) < 4.78 is 0. The minimum Gasteiger partial charge on any atom is -0.309 e. The molecule has 0 bridgehead atoms. The van der Waals surface area contributed by atoms with Crippen LogP contribution in [0.25, 0.3) is 0 Å². The average Bonchev–Trinajstić information content (AvgIpc) is 2.40. The summed E-state index contributed by atoms with van der Waals surface area (Å²) in [5.41, 5.74) is 4.14. The molecule has 19 heavy (non-hydrogen) atoms. The molecule has 0 aliphatic heterocycles. The molecule has 1 N–H and O–H groups in total. The van der Waals surface area contributed by atoms with E-state index in [1.165, 1.54) is 23.1 Å². The molecule has 0 aromatic heterocycles. The molecule has 0 fully saturated rings. The van der Waals surface area contributed by atoms with Crippen LogP contribution < -0.4 is 5.32 Å². The summed E-state index contributed by atoms with van der Waals surface area (Å²) in [5, 5.41) is 3.64. The molecular weight excluding hydrogens is 232 g/mol. The van der Waals surface area contributed by atoms with Crippen LogP contribution in [0, 0.1) is 13.8 Å². The molecule has 2 unspecified atom stereocenters. The van der Waals surface area contributed by atoms with Crippen molar-refractivity contribution in [1.82, 2.24) is 10.2 Å². The molecule has 2 atom stereocenters.